The third-order valence-corrected chi connectivity index (χ3v) is 2.25. The molecule has 0 saturated heterocycles. The van der Waals surface area contributed by atoms with Gasteiger partial charge in [-0.2, -0.15) is 0 Å². The quantitative estimate of drug-likeness (QED) is 0.436. The van der Waals surface area contributed by atoms with E-state index in [0.717, 1.165) is 16.6 Å². The summed E-state index contributed by atoms with van der Waals surface area (Å²) < 4.78 is 0. The lowest BCUT2D eigenvalue weighted by molar-refractivity contribution is 0.809. The van der Waals surface area contributed by atoms with E-state index in [1.165, 1.54) is 0 Å². The third-order valence-electron chi connectivity index (χ3n) is 2.25. The van der Waals surface area contributed by atoms with Gasteiger partial charge >= 0.3 is 5.69 Å². The Morgan fingerprint density at radius 3 is 2.87 bits per heavy atom. The van der Waals surface area contributed by atoms with Crippen molar-refractivity contribution in [3.05, 3.63) is 44.7 Å². The van der Waals surface area contributed by atoms with Crippen molar-refractivity contribution in [3.8, 4) is 0 Å². The number of nitrogens with zero attached hydrogens (tertiary/aromatic N) is 3. The number of azide groups is 1. The summed E-state index contributed by atoms with van der Waals surface area (Å²) in [6, 6.07) is 5.17. The van der Waals surface area contributed by atoms with Crippen LogP contribution in [0.15, 0.2) is 28.1 Å². The lowest BCUT2D eigenvalue weighted by atomic mass is 10.1. The summed E-state index contributed by atoms with van der Waals surface area (Å²) in [6.07, 6.45) is 0. The van der Waals surface area contributed by atoms with Crippen LogP contribution >= 0.6 is 0 Å². The van der Waals surface area contributed by atoms with E-state index in [1.807, 2.05) is 6.07 Å². The molecule has 1 atom stereocenters. The first-order valence-electron chi connectivity index (χ1n) is 4.47. The number of aromatic amines is 2. The van der Waals surface area contributed by atoms with Crippen molar-refractivity contribution in [1.82, 2.24) is 9.97 Å². The van der Waals surface area contributed by atoms with Gasteiger partial charge in [-0.1, -0.05) is 18.1 Å². The Hall–Kier alpha value is -2.20. The molecule has 0 bridgehead atoms. The fraction of sp³-hybridized carbons (Fsp3) is 0.222. The van der Waals surface area contributed by atoms with Crippen molar-refractivity contribution < 1.29 is 0 Å². The van der Waals surface area contributed by atoms with Crippen LogP contribution in [0.4, 0.5) is 0 Å². The van der Waals surface area contributed by atoms with E-state index in [9.17, 15) is 4.79 Å². The Kier molecular flexibility index (Phi) is 2.19. The Morgan fingerprint density at radius 2 is 2.13 bits per heavy atom. The summed E-state index contributed by atoms with van der Waals surface area (Å²) in [4.78, 5) is 19.0. The molecule has 1 aromatic carbocycles. The molecule has 0 amide bonds. The number of nitrogens with one attached hydrogen (secondary N) is 2. The molecule has 0 aliphatic carbocycles. The average molecular weight is 203 g/mol. The number of rotatable bonds is 2. The van der Waals surface area contributed by atoms with Crippen molar-refractivity contribution in [2.45, 2.75) is 13.0 Å². The van der Waals surface area contributed by atoms with Gasteiger partial charge in [0.05, 0.1) is 17.1 Å². The van der Waals surface area contributed by atoms with Crippen LogP contribution in [-0.2, 0) is 0 Å². The second kappa shape index (κ2) is 3.51. The smallest absolute Gasteiger partial charge is 0.306 e. The van der Waals surface area contributed by atoms with Crippen LogP contribution < -0.4 is 5.69 Å². The summed E-state index contributed by atoms with van der Waals surface area (Å²) >= 11 is 0. The van der Waals surface area contributed by atoms with Gasteiger partial charge in [-0.25, -0.2) is 4.79 Å². The molecule has 2 N–H and O–H groups in total. The Morgan fingerprint density at radius 1 is 1.40 bits per heavy atom. The number of aromatic nitrogens is 2. The van der Waals surface area contributed by atoms with Crippen molar-refractivity contribution in [2.24, 2.45) is 5.11 Å². The van der Waals surface area contributed by atoms with Gasteiger partial charge < -0.3 is 9.97 Å². The van der Waals surface area contributed by atoms with Gasteiger partial charge in [0.1, 0.15) is 0 Å². The molecule has 0 aliphatic rings. The second-order valence-electron chi connectivity index (χ2n) is 3.27. The second-order valence-corrected chi connectivity index (χ2v) is 3.27. The van der Waals surface area contributed by atoms with Crippen molar-refractivity contribution in [3.63, 3.8) is 0 Å². The highest BCUT2D eigenvalue weighted by molar-refractivity contribution is 5.75. The molecule has 6 nitrogen and oxygen atoms in total. The predicted molar refractivity (Wildman–Crippen MR) is 56.5 cm³/mol. The van der Waals surface area contributed by atoms with E-state index in [4.69, 9.17) is 5.53 Å². The molecule has 0 aliphatic heterocycles. The van der Waals surface area contributed by atoms with Gasteiger partial charge in [0, 0.05) is 4.91 Å². The van der Waals surface area contributed by atoms with E-state index in [2.05, 4.69) is 20.0 Å². The fourth-order valence-electron chi connectivity index (χ4n) is 1.45. The molecular formula is C9H9N5O. The lowest BCUT2D eigenvalue weighted by Gasteiger charge is -2.03. The summed E-state index contributed by atoms with van der Waals surface area (Å²) in [6.45, 7) is 1.80. The van der Waals surface area contributed by atoms with Gasteiger partial charge in [-0.15, -0.1) is 0 Å². The molecule has 2 aromatic rings. The maximum absolute atomic E-state index is 11.0. The molecule has 0 spiro atoms. The van der Waals surface area contributed by atoms with E-state index in [0.29, 0.717) is 0 Å². The minimum atomic E-state index is -0.238. The molecule has 15 heavy (non-hydrogen) atoms. The minimum absolute atomic E-state index is 0.237. The Bertz CT molecular complexity index is 590. The number of fused-ring (bicyclic) bond motifs is 1. The summed E-state index contributed by atoms with van der Waals surface area (Å²) in [7, 11) is 0. The predicted octanol–water partition coefficient (Wildman–Crippen LogP) is 2.23. The highest BCUT2D eigenvalue weighted by Gasteiger charge is 2.04. The number of benzene rings is 1. The van der Waals surface area contributed by atoms with Gasteiger partial charge in [0.15, 0.2) is 0 Å². The molecule has 0 fully saturated rings. The van der Waals surface area contributed by atoms with Gasteiger partial charge in [-0.05, 0) is 23.2 Å². The number of H-pyrrole nitrogens is 2. The molecule has 2 rings (SSSR count). The van der Waals surface area contributed by atoms with Crippen molar-refractivity contribution in [1.29, 1.82) is 0 Å². The fourth-order valence-corrected chi connectivity index (χ4v) is 1.45. The van der Waals surface area contributed by atoms with Crippen molar-refractivity contribution >= 4 is 11.0 Å². The molecular weight excluding hydrogens is 194 g/mol. The van der Waals surface area contributed by atoms with Crippen LogP contribution in [0.25, 0.3) is 21.5 Å². The number of hydrogen-bond donors (Lipinski definition) is 2. The third kappa shape index (κ3) is 1.70. The van der Waals surface area contributed by atoms with E-state index in [1.54, 1.807) is 19.1 Å². The Labute approximate surface area is 84.6 Å². The summed E-state index contributed by atoms with van der Waals surface area (Å²) in [5.41, 5.74) is 10.4. The molecule has 0 radical (unpaired) electrons. The Balaban J connectivity index is 2.54. The minimum Gasteiger partial charge on any atom is -0.306 e. The van der Waals surface area contributed by atoms with E-state index < -0.39 is 0 Å². The van der Waals surface area contributed by atoms with Crippen LogP contribution in [0.3, 0.4) is 0 Å². The van der Waals surface area contributed by atoms with E-state index in [-0.39, 0.29) is 11.7 Å². The van der Waals surface area contributed by atoms with Crippen molar-refractivity contribution in [2.75, 3.05) is 0 Å². The highest BCUT2D eigenvalue weighted by atomic mass is 16.1. The largest absolute Gasteiger partial charge is 0.323 e. The zero-order valence-corrected chi connectivity index (χ0v) is 8.06. The van der Waals surface area contributed by atoms with Gasteiger partial charge in [-0.3, -0.25) is 0 Å². The standard InChI is InChI=1S/C9H9N5O/c1-5(13-14-10)6-2-3-7-8(4-6)12-9(15)11-7/h2-5H,1H3,(H2,11,12,15)/t5-/m1/s1. The zero-order valence-electron chi connectivity index (χ0n) is 8.06. The van der Waals surface area contributed by atoms with Crippen LogP contribution in [0.1, 0.15) is 18.5 Å². The lowest BCUT2D eigenvalue weighted by Crippen LogP contribution is -1.99. The molecule has 6 heteroatoms. The van der Waals surface area contributed by atoms with Crippen LogP contribution in [-0.4, -0.2) is 9.97 Å². The van der Waals surface area contributed by atoms with Crippen LogP contribution in [0, 0.1) is 0 Å². The normalized spacial score (nSPS) is 12.3. The summed E-state index contributed by atoms with van der Waals surface area (Å²) in [5.74, 6) is 0. The van der Waals surface area contributed by atoms with Gasteiger partial charge in [0.2, 0.25) is 0 Å². The monoisotopic (exact) mass is 203 g/mol. The zero-order chi connectivity index (χ0) is 10.8. The van der Waals surface area contributed by atoms with Crippen LogP contribution in [0.5, 0.6) is 0 Å². The molecule has 1 heterocycles. The first-order valence-corrected chi connectivity index (χ1v) is 4.47. The average Bonchev–Trinajstić information content (AvgIpc) is 2.57. The summed E-state index contributed by atoms with van der Waals surface area (Å²) in [5, 5.41) is 3.59. The van der Waals surface area contributed by atoms with E-state index >= 15 is 0 Å². The number of hydrogen-bond acceptors (Lipinski definition) is 2. The maximum Gasteiger partial charge on any atom is 0.323 e. The highest BCUT2D eigenvalue weighted by Crippen LogP contribution is 2.19. The topological polar surface area (TPSA) is 97.4 Å². The molecule has 0 saturated carbocycles. The molecule has 0 unspecified atom stereocenters. The SMILES string of the molecule is C[C@@H](N=[N+]=[N-])c1ccc2[nH]c(=O)[nH]c2c1. The van der Waals surface area contributed by atoms with Crippen LogP contribution in [0.2, 0.25) is 0 Å². The molecule has 1 aromatic heterocycles. The first-order chi connectivity index (χ1) is 7.20. The number of imidazole rings is 1. The maximum atomic E-state index is 11.0. The molecule has 76 valence electrons. The van der Waals surface area contributed by atoms with Gasteiger partial charge in [0.25, 0.3) is 0 Å². The first kappa shape index (κ1) is 9.36.